The Hall–Kier alpha value is -3.46. The van der Waals surface area contributed by atoms with Crippen molar-refractivity contribution in [2.75, 3.05) is 18.4 Å². The summed E-state index contributed by atoms with van der Waals surface area (Å²) in [6.07, 6.45) is 0. The number of rotatable bonds is 8. The molecule has 3 aromatic carbocycles. The number of nitrogens with zero attached hydrogens (tertiary/aromatic N) is 1. The fourth-order valence-electron chi connectivity index (χ4n) is 2.90. The SMILES string of the molecule is Cc1cc(S(=O)(=O)Nc2ccc(F)cc2)ccc1OCC(=O)N(C)Cc1ccccc1F. The highest BCUT2D eigenvalue weighted by Gasteiger charge is 2.17. The van der Waals surface area contributed by atoms with Crippen LogP contribution in [0.1, 0.15) is 11.1 Å². The van der Waals surface area contributed by atoms with Gasteiger partial charge in [0.15, 0.2) is 6.61 Å². The second kappa shape index (κ2) is 9.78. The van der Waals surface area contributed by atoms with Crippen LogP contribution < -0.4 is 9.46 Å². The fraction of sp³-hybridized carbons (Fsp3) is 0.174. The molecule has 0 aliphatic heterocycles. The lowest BCUT2D eigenvalue weighted by Gasteiger charge is -2.18. The van der Waals surface area contributed by atoms with Crippen LogP contribution >= 0.6 is 0 Å². The summed E-state index contributed by atoms with van der Waals surface area (Å²) >= 11 is 0. The molecule has 0 aliphatic carbocycles. The fourth-order valence-corrected chi connectivity index (χ4v) is 4.05. The molecule has 6 nitrogen and oxygen atoms in total. The Morgan fingerprint density at radius 2 is 1.72 bits per heavy atom. The van der Waals surface area contributed by atoms with Gasteiger partial charge in [0, 0.05) is 24.8 Å². The van der Waals surface area contributed by atoms with E-state index in [1.54, 1.807) is 32.2 Å². The zero-order valence-corrected chi connectivity index (χ0v) is 18.3. The summed E-state index contributed by atoms with van der Waals surface area (Å²) in [7, 11) is -2.34. The molecule has 1 N–H and O–H groups in total. The van der Waals surface area contributed by atoms with Gasteiger partial charge >= 0.3 is 0 Å². The lowest BCUT2D eigenvalue weighted by atomic mass is 10.2. The van der Waals surface area contributed by atoms with Crippen molar-refractivity contribution in [2.45, 2.75) is 18.4 Å². The highest BCUT2D eigenvalue weighted by atomic mass is 32.2. The van der Waals surface area contributed by atoms with E-state index in [1.165, 1.54) is 41.3 Å². The van der Waals surface area contributed by atoms with Gasteiger partial charge in [-0.25, -0.2) is 17.2 Å². The smallest absolute Gasteiger partial charge is 0.261 e. The van der Waals surface area contributed by atoms with Crippen LogP contribution in [0.15, 0.2) is 71.6 Å². The van der Waals surface area contributed by atoms with Gasteiger partial charge in [0.05, 0.1) is 4.90 Å². The minimum Gasteiger partial charge on any atom is -0.483 e. The Morgan fingerprint density at radius 1 is 1.03 bits per heavy atom. The predicted molar refractivity (Wildman–Crippen MR) is 117 cm³/mol. The van der Waals surface area contributed by atoms with Crippen LogP contribution in [-0.2, 0) is 21.4 Å². The van der Waals surface area contributed by atoms with Crippen LogP contribution in [0.4, 0.5) is 14.5 Å². The third-order valence-electron chi connectivity index (χ3n) is 4.70. The van der Waals surface area contributed by atoms with Crippen molar-refractivity contribution in [2.24, 2.45) is 0 Å². The van der Waals surface area contributed by atoms with Crippen LogP contribution in [0.25, 0.3) is 0 Å². The lowest BCUT2D eigenvalue weighted by Crippen LogP contribution is -2.31. The van der Waals surface area contributed by atoms with E-state index in [0.717, 1.165) is 12.1 Å². The number of hydrogen-bond acceptors (Lipinski definition) is 4. The number of anilines is 1. The van der Waals surface area contributed by atoms with E-state index in [1.807, 2.05) is 0 Å². The van der Waals surface area contributed by atoms with E-state index < -0.39 is 21.7 Å². The molecule has 0 fully saturated rings. The lowest BCUT2D eigenvalue weighted by molar-refractivity contribution is -0.132. The van der Waals surface area contributed by atoms with Crippen LogP contribution in [0.3, 0.4) is 0 Å². The maximum atomic E-state index is 13.8. The minimum absolute atomic E-state index is 0.00493. The molecule has 0 radical (unpaired) electrons. The van der Waals surface area contributed by atoms with E-state index >= 15 is 0 Å². The Kier molecular flexibility index (Phi) is 7.09. The normalized spacial score (nSPS) is 11.1. The van der Waals surface area contributed by atoms with Gasteiger partial charge in [-0.1, -0.05) is 18.2 Å². The van der Waals surface area contributed by atoms with Gasteiger partial charge in [-0.2, -0.15) is 0 Å². The molecular formula is C23H22F2N2O4S. The maximum absolute atomic E-state index is 13.8. The van der Waals surface area contributed by atoms with Crippen molar-refractivity contribution in [3.05, 3.63) is 89.5 Å². The molecule has 0 bridgehead atoms. The van der Waals surface area contributed by atoms with E-state index in [9.17, 15) is 22.0 Å². The summed E-state index contributed by atoms with van der Waals surface area (Å²) in [4.78, 5) is 13.7. The summed E-state index contributed by atoms with van der Waals surface area (Å²) in [5, 5.41) is 0. The molecule has 3 aromatic rings. The number of halogens is 2. The molecule has 0 saturated heterocycles. The predicted octanol–water partition coefficient (Wildman–Crippen LogP) is 4.11. The van der Waals surface area contributed by atoms with E-state index in [0.29, 0.717) is 16.9 Å². The second-order valence-electron chi connectivity index (χ2n) is 7.17. The first kappa shape index (κ1) is 23.2. The highest BCUT2D eigenvalue weighted by molar-refractivity contribution is 7.92. The molecule has 0 aliphatic rings. The average molecular weight is 461 g/mol. The Labute approximate surface area is 185 Å². The number of hydrogen-bond donors (Lipinski definition) is 1. The molecule has 0 aromatic heterocycles. The van der Waals surface area contributed by atoms with Crippen LogP contribution in [0.2, 0.25) is 0 Å². The first-order valence-electron chi connectivity index (χ1n) is 9.65. The number of carbonyl (C=O) groups excluding carboxylic acids is 1. The third-order valence-corrected chi connectivity index (χ3v) is 6.07. The molecule has 32 heavy (non-hydrogen) atoms. The largest absolute Gasteiger partial charge is 0.483 e. The van der Waals surface area contributed by atoms with Gasteiger partial charge < -0.3 is 9.64 Å². The molecule has 0 saturated carbocycles. The second-order valence-corrected chi connectivity index (χ2v) is 8.85. The molecule has 0 heterocycles. The van der Waals surface area contributed by atoms with Crippen molar-refractivity contribution >= 4 is 21.6 Å². The zero-order valence-electron chi connectivity index (χ0n) is 17.5. The molecular weight excluding hydrogens is 438 g/mol. The molecule has 0 unspecified atom stereocenters. The first-order chi connectivity index (χ1) is 15.2. The highest BCUT2D eigenvalue weighted by Crippen LogP contribution is 2.24. The first-order valence-corrected chi connectivity index (χ1v) is 11.1. The number of sulfonamides is 1. The number of ether oxygens (including phenoxy) is 1. The van der Waals surface area contributed by atoms with Crippen LogP contribution in [-0.4, -0.2) is 32.9 Å². The number of nitrogens with one attached hydrogen (secondary N) is 1. The average Bonchev–Trinajstić information content (AvgIpc) is 2.75. The van der Waals surface area contributed by atoms with E-state index in [2.05, 4.69) is 4.72 Å². The number of benzene rings is 3. The van der Waals surface area contributed by atoms with E-state index in [-0.39, 0.29) is 29.6 Å². The summed E-state index contributed by atoms with van der Waals surface area (Å²) in [6, 6.07) is 15.4. The summed E-state index contributed by atoms with van der Waals surface area (Å²) < 4.78 is 59.8. The Bertz CT molecular complexity index is 1210. The zero-order chi connectivity index (χ0) is 23.3. The van der Waals surface area contributed by atoms with Gasteiger partial charge in [-0.3, -0.25) is 9.52 Å². The van der Waals surface area contributed by atoms with Crippen LogP contribution in [0.5, 0.6) is 5.75 Å². The Balaban J connectivity index is 1.63. The van der Waals surface area contributed by atoms with Gasteiger partial charge in [0.1, 0.15) is 17.4 Å². The number of amides is 1. The van der Waals surface area contributed by atoms with Gasteiger partial charge in [0.2, 0.25) is 0 Å². The summed E-state index contributed by atoms with van der Waals surface area (Å²) in [5.74, 6) is -0.880. The van der Waals surface area contributed by atoms with Crippen LogP contribution in [0, 0.1) is 18.6 Å². The minimum atomic E-state index is -3.89. The quantitative estimate of drug-likeness (QED) is 0.549. The maximum Gasteiger partial charge on any atom is 0.261 e. The Morgan fingerprint density at radius 3 is 2.38 bits per heavy atom. The molecule has 168 valence electrons. The van der Waals surface area contributed by atoms with Gasteiger partial charge in [-0.15, -0.1) is 0 Å². The third kappa shape index (κ3) is 5.82. The molecule has 0 atom stereocenters. The monoisotopic (exact) mass is 460 g/mol. The molecule has 1 amide bonds. The summed E-state index contributed by atoms with van der Waals surface area (Å²) in [6.45, 7) is 1.46. The standard InChI is InChI=1S/C23H22F2N2O4S/c1-16-13-20(32(29,30)26-19-9-7-18(24)8-10-19)11-12-22(16)31-15-23(28)27(2)14-17-5-3-4-6-21(17)25/h3-13,26H,14-15H2,1-2H3. The van der Waals surface area contributed by atoms with Crippen molar-refractivity contribution in [3.8, 4) is 5.75 Å². The molecule has 9 heteroatoms. The van der Waals surface area contributed by atoms with Crippen molar-refractivity contribution in [1.29, 1.82) is 0 Å². The number of carbonyl (C=O) groups is 1. The van der Waals surface area contributed by atoms with Gasteiger partial charge in [-0.05, 0) is 61.0 Å². The van der Waals surface area contributed by atoms with Gasteiger partial charge in [0.25, 0.3) is 15.9 Å². The molecule has 3 rings (SSSR count). The van der Waals surface area contributed by atoms with Crippen molar-refractivity contribution < 1.29 is 26.7 Å². The number of likely N-dealkylation sites (N-methyl/N-ethyl adjacent to an activating group) is 1. The number of aryl methyl sites for hydroxylation is 1. The van der Waals surface area contributed by atoms with Crippen molar-refractivity contribution in [1.82, 2.24) is 4.90 Å². The van der Waals surface area contributed by atoms with E-state index in [4.69, 9.17) is 4.74 Å². The van der Waals surface area contributed by atoms with Crippen molar-refractivity contribution in [3.63, 3.8) is 0 Å². The topological polar surface area (TPSA) is 75.7 Å². The molecule has 0 spiro atoms. The summed E-state index contributed by atoms with van der Waals surface area (Å²) in [5.41, 5.74) is 1.13.